The minimum atomic E-state index is -0.230. The van der Waals surface area contributed by atoms with E-state index in [1.54, 1.807) is 14.2 Å². The first-order valence-electron chi connectivity index (χ1n) is 5.09. The molecule has 0 aliphatic rings. The van der Waals surface area contributed by atoms with E-state index in [0.717, 1.165) is 10.0 Å². The van der Waals surface area contributed by atoms with Crippen LogP contribution in [-0.4, -0.2) is 27.3 Å². The lowest BCUT2D eigenvalue weighted by atomic mass is 10.1. The second-order valence-corrected chi connectivity index (χ2v) is 4.23. The Balaban J connectivity index is 2.89. The molecule has 4 nitrogen and oxygen atoms in total. The SMILES string of the molecule is COC(=O)CCc1cc(OC)c(OC)cc1Br. The molecule has 0 atom stereocenters. The number of esters is 1. The van der Waals surface area contributed by atoms with Gasteiger partial charge in [0.2, 0.25) is 0 Å². The quantitative estimate of drug-likeness (QED) is 0.784. The van der Waals surface area contributed by atoms with Gasteiger partial charge in [-0.15, -0.1) is 0 Å². The summed E-state index contributed by atoms with van der Waals surface area (Å²) in [4.78, 5) is 11.1. The Morgan fingerprint density at radius 1 is 1.18 bits per heavy atom. The maximum Gasteiger partial charge on any atom is 0.305 e. The van der Waals surface area contributed by atoms with Crippen LogP contribution in [0.4, 0.5) is 0 Å². The van der Waals surface area contributed by atoms with Gasteiger partial charge in [-0.05, 0) is 24.1 Å². The van der Waals surface area contributed by atoms with E-state index in [9.17, 15) is 4.79 Å². The van der Waals surface area contributed by atoms with Gasteiger partial charge in [0.25, 0.3) is 0 Å². The molecule has 17 heavy (non-hydrogen) atoms. The first-order valence-corrected chi connectivity index (χ1v) is 5.89. The Hall–Kier alpha value is -1.23. The fraction of sp³-hybridized carbons (Fsp3) is 0.417. The second-order valence-electron chi connectivity index (χ2n) is 3.37. The number of ether oxygens (including phenoxy) is 3. The van der Waals surface area contributed by atoms with Crippen LogP contribution in [0.2, 0.25) is 0 Å². The fourth-order valence-corrected chi connectivity index (χ4v) is 1.95. The number of benzene rings is 1. The van der Waals surface area contributed by atoms with Crippen molar-refractivity contribution in [2.75, 3.05) is 21.3 Å². The molecule has 0 bridgehead atoms. The van der Waals surface area contributed by atoms with Gasteiger partial charge in [-0.1, -0.05) is 15.9 Å². The molecule has 94 valence electrons. The van der Waals surface area contributed by atoms with Crippen LogP contribution in [0.25, 0.3) is 0 Å². The van der Waals surface area contributed by atoms with Crippen LogP contribution in [0.5, 0.6) is 11.5 Å². The Kier molecular flexibility index (Phi) is 5.28. The number of methoxy groups -OCH3 is 3. The first kappa shape index (κ1) is 13.8. The number of carbonyl (C=O) groups excluding carboxylic acids is 1. The molecule has 0 fully saturated rings. The molecule has 0 heterocycles. The van der Waals surface area contributed by atoms with Crippen LogP contribution in [0.1, 0.15) is 12.0 Å². The standard InChI is InChI=1S/C12H15BrO4/c1-15-10-6-8(4-5-12(14)17-3)9(13)7-11(10)16-2/h6-7H,4-5H2,1-3H3. The highest BCUT2D eigenvalue weighted by molar-refractivity contribution is 9.10. The molecule has 0 saturated heterocycles. The predicted octanol–water partition coefficient (Wildman–Crippen LogP) is 2.57. The number of carbonyl (C=O) groups is 1. The van der Waals surface area contributed by atoms with Gasteiger partial charge in [-0.3, -0.25) is 4.79 Å². The number of hydrogen-bond donors (Lipinski definition) is 0. The van der Waals surface area contributed by atoms with Crippen molar-refractivity contribution in [3.05, 3.63) is 22.2 Å². The van der Waals surface area contributed by atoms with Crippen molar-refractivity contribution >= 4 is 21.9 Å². The highest BCUT2D eigenvalue weighted by Crippen LogP contribution is 2.33. The summed E-state index contributed by atoms with van der Waals surface area (Å²) < 4.78 is 15.9. The summed E-state index contributed by atoms with van der Waals surface area (Å²) in [6.45, 7) is 0. The van der Waals surface area contributed by atoms with Gasteiger partial charge in [0.15, 0.2) is 11.5 Å². The van der Waals surface area contributed by atoms with E-state index in [0.29, 0.717) is 24.3 Å². The largest absolute Gasteiger partial charge is 0.493 e. The maximum absolute atomic E-state index is 11.1. The summed E-state index contributed by atoms with van der Waals surface area (Å²) in [7, 11) is 4.54. The third kappa shape index (κ3) is 3.63. The van der Waals surface area contributed by atoms with Gasteiger partial charge in [0.05, 0.1) is 21.3 Å². The molecule has 0 aliphatic carbocycles. The number of hydrogen-bond acceptors (Lipinski definition) is 4. The van der Waals surface area contributed by atoms with Crippen LogP contribution < -0.4 is 9.47 Å². The normalized spacial score (nSPS) is 9.88. The van der Waals surface area contributed by atoms with Crippen molar-refractivity contribution in [1.82, 2.24) is 0 Å². The zero-order valence-corrected chi connectivity index (χ0v) is 11.7. The van der Waals surface area contributed by atoms with Crippen LogP contribution in [0.3, 0.4) is 0 Å². The summed E-state index contributed by atoms with van der Waals surface area (Å²) in [6.07, 6.45) is 0.929. The van der Waals surface area contributed by atoms with Crippen molar-refractivity contribution in [1.29, 1.82) is 0 Å². The molecule has 0 aliphatic heterocycles. The van der Waals surface area contributed by atoms with Gasteiger partial charge in [0.1, 0.15) is 0 Å². The summed E-state index contributed by atoms with van der Waals surface area (Å²) in [6, 6.07) is 3.68. The topological polar surface area (TPSA) is 44.8 Å². The van der Waals surface area contributed by atoms with E-state index >= 15 is 0 Å². The van der Waals surface area contributed by atoms with Crippen molar-refractivity contribution < 1.29 is 19.0 Å². The molecule has 0 unspecified atom stereocenters. The summed E-state index contributed by atoms with van der Waals surface area (Å²) in [5, 5.41) is 0. The molecule has 0 amide bonds. The fourth-order valence-electron chi connectivity index (χ4n) is 1.43. The monoisotopic (exact) mass is 302 g/mol. The van der Waals surface area contributed by atoms with Gasteiger partial charge < -0.3 is 14.2 Å². The Bertz CT molecular complexity index is 404. The van der Waals surface area contributed by atoms with E-state index < -0.39 is 0 Å². The minimum Gasteiger partial charge on any atom is -0.493 e. The Morgan fingerprint density at radius 3 is 2.29 bits per heavy atom. The van der Waals surface area contributed by atoms with Gasteiger partial charge in [-0.25, -0.2) is 0 Å². The zero-order chi connectivity index (χ0) is 12.8. The van der Waals surface area contributed by atoms with Crippen molar-refractivity contribution in [2.24, 2.45) is 0 Å². The van der Waals surface area contributed by atoms with E-state index in [1.165, 1.54) is 7.11 Å². The van der Waals surface area contributed by atoms with E-state index in [1.807, 2.05) is 12.1 Å². The molecule has 0 N–H and O–H groups in total. The molecule has 5 heteroatoms. The van der Waals surface area contributed by atoms with Gasteiger partial charge in [0, 0.05) is 10.9 Å². The predicted molar refractivity (Wildman–Crippen MR) is 67.6 cm³/mol. The summed E-state index contributed by atoms with van der Waals surface area (Å²) in [5.74, 6) is 1.07. The van der Waals surface area contributed by atoms with E-state index in [4.69, 9.17) is 9.47 Å². The zero-order valence-electron chi connectivity index (χ0n) is 10.1. The minimum absolute atomic E-state index is 0.230. The molecule has 0 saturated carbocycles. The average molecular weight is 303 g/mol. The van der Waals surface area contributed by atoms with E-state index in [-0.39, 0.29) is 5.97 Å². The third-order valence-electron chi connectivity index (χ3n) is 2.38. The van der Waals surface area contributed by atoms with Crippen LogP contribution >= 0.6 is 15.9 Å². The molecule has 0 spiro atoms. The molecule has 0 aromatic heterocycles. The molecular formula is C12H15BrO4. The number of rotatable bonds is 5. The number of aryl methyl sites for hydroxylation is 1. The molecule has 1 aromatic carbocycles. The second kappa shape index (κ2) is 6.49. The molecule has 0 radical (unpaired) electrons. The smallest absolute Gasteiger partial charge is 0.305 e. The molecule has 1 aromatic rings. The van der Waals surface area contributed by atoms with E-state index in [2.05, 4.69) is 20.7 Å². The lowest BCUT2D eigenvalue weighted by molar-refractivity contribution is -0.140. The van der Waals surface area contributed by atoms with Gasteiger partial charge >= 0.3 is 5.97 Å². The first-order chi connectivity index (χ1) is 8.12. The third-order valence-corrected chi connectivity index (χ3v) is 3.12. The lowest BCUT2D eigenvalue weighted by Gasteiger charge is -2.11. The van der Waals surface area contributed by atoms with Crippen molar-refractivity contribution in [3.8, 4) is 11.5 Å². The van der Waals surface area contributed by atoms with Gasteiger partial charge in [-0.2, -0.15) is 0 Å². The summed E-state index contributed by atoms with van der Waals surface area (Å²) >= 11 is 3.44. The summed E-state index contributed by atoms with van der Waals surface area (Å²) in [5.41, 5.74) is 0.980. The number of halogens is 1. The Labute approximate surface area is 109 Å². The highest BCUT2D eigenvalue weighted by atomic mass is 79.9. The highest BCUT2D eigenvalue weighted by Gasteiger charge is 2.11. The molecule has 1 rings (SSSR count). The van der Waals surface area contributed by atoms with Crippen LogP contribution in [-0.2, 0) is 16.0 Å². The lowest BCUT2D eigenvalue weighted by Crippen LogP contribution is -2.03. The van der Waals surface area contributed by atoms with Crippen molar-refractivity contribution in [2.45, 2.75) is 12.8 Å². The van der Waals surface area contributed by atoms with Crippen LogP contribution in [0.15, 0.2) is 16.6 Å². The van der Waals surface area contributed by atoms with Crippen LogP contribution in [0, 0.1) is 0 Å². The molecular weight excluding hydrogens is 288 g/mol. The Morgan fingerprint density at radius 2 is 1.76 bits per heavy atom. The maximum atomic E-state index is 11.1. The average Bonchev–Trinajstić information content (AvgIpc) is 2.36. The van der Waals surface area contributed by atoms with Crippen molar-refractivity contribution in [3.63, 3.8) is 0 Å².